The molecule has 0 radical (unpaired) electrons. The fraction of sp³-hybridized carbons (Fsp3) is 0.158. The van der Waals surface area contributed by atoms with Gasteiger partial charge in [-0.25, -0.2) is 5.43 Å². The molecule has 0 spiro atoms. The first-order valence-electron chi connectivity index (χ1n) is 8.44. The molecule has 0 saturated carbocycles. The summed E-state index contributed by atoms with van der Waals surface area (Å²) in [5, 5.41) is 15.8. The van der Waals surface area contributed by atoms with E-state index < -0.39 is 10.8 Å². The first-order chi connectivity index (χ1) is 13.9. The number of carbonyl (C=O) groups is 1. The number of methoxy groups -OCH3 is 1. The van der Waals surface area contributed by atoms with Crippen LogP contribution < -0.4 is 14.9 Å². The zero-order chi connectivity index (χ0) is 21.0. The molecule has 9 nitrogen and oxygen atoms in total. The van der Waals surface area contributed by atoms with E-state index in [1.54, 1.807) is 18.2 Å². The van der Waals surface area contributed by atoms with Gasteiger partial charge in [0.2, 0.25) is 0 Å². The number of hydrogen-bond donors (Lipinski definition) is 1. The van der Waals surface area contributed by atoms with Crippen molar-refractivity contribution in [3.8, 4) is 11.5 Å². The van der Waals surface area contributed by atoms with Crippen molar-refractivity contribution in [3.63, 3.8) is 0 Å². The molecular formula is C19H16ClN3O6. The molecule has 3 aromatic rings. The quantitative estimate of drug-likeness (QED) is 0.350. The lowest BCUT2D eigenvalue weighted by Gasteiger charge is -2.06. The van der Waals surface area contributed by atoms with Gasteiger partial charge in [0.25, 0.3) is 5.69 Å². The summed E-state index contributed by atoms with van der Waals surface area (Å²) in [6, 6.07) is 8.92. The molecule has 0 atom stereocenters. The number of nitrogens with zero attached hydrogens (tertiary/aromatic N) is 2. The van der Waals surface area contributed by atoms with Gasteiger partial charge in [0.15, 0.2) is 17.1 Å². The Morgan fingerprint density at radius 1 is 1.31 bits per heavy atom. The molecule has 29 heavy (non-hydrogen) atoms. The van der Waals surface area contributed by atoms with Crippen molar-refractivity contribution in [2.24, 2.45) is 5.10 Å². The Bertz CT molecular complexity index is 1110. The topological polar surface area (TPSA) is 116 Å². The van der Waals surface area contributed by atoms with Gasteiger partial charge in [-0.1, -0.05) is 11.6 Å². The fourth-order valence-corrected chi connectivity index (χ4v) is 2.78. The van der Waals surface area contributed by atoms with Gasteiger partial charge in [0.1, 0.15) is 5.75 Å². The minimum atomic E-state index is -0.637. The number of non-ortho nitro benzene ring substituents is 1. The summed E-state index contributed by atoms with van der Waals surface area (Å²) >= 11 is 5.98. The minimum Gasteiger partial charge on any atom is -0.493 e. The maximum absolute atomic E-state index is 12.3. The molecule has 3 rings (SSSR count). The van der Waals surface area contributed by atoms with E-state index in [0.717, 1.165) is 0 Å². The maximum atomic E-state index is 12.3. The Morgan fingerprint density at radius 2 is 2.10 bits per heavy atom. The standard InChI is InChI=1S/C19H16ClN3O6/c1-3-28-15-5-4-13(20)6-12(15)10-21-22-19(24)17-8-11-7-14(23(25)26)9-16(27-2)18(11)29-17/h4-10H,3H2,1-2H3,(H,22,24)/b21-10-. The Labute approximate surface area is 170 Å². The van der Waals surface area contributed by atoms with E-state index in [1.807, 2.05) is 6.92 Å². The van der Waals surface area contributed by atoms with Gasteiger partial charge in [-0.2, -0.15) is 5.10 Å². The highest BCUT2D eigenvalue weighted by molar-refractivity contribution is 6.30. The van der Waals surface area contributed by atoms with Crippen LogP contribution in [0.4, 0.5) is 5.69 Å². The van der Waals surface area contributed by atoms with E-state index in [-0.39, 0.29) is 22.8 Å². The molecule has 0 unspecified atom stereocenters. The number of hydrogen-bond acceptors (Lipinski definition) is 7. The Morgan fingerprint density at radius 3 is 2.79 bits per heavy atom. The van der Waals surface area contributed by atoms with Crippen molar-refractivity contribution in [1.82, 2.24) is 5.43 Å². The van der Waals surface area contributed by atoms with Crippen molar-refractivity contribution < 1.29 is 23.6 Å². The number of nitro groups is 1. The number of ether oxygens (including phenoxy) is 2. The van der Waals surface area contributed by atoms with Crippen LogP contribution in [0.3, 0.4) is 0 Å². The lowest BCUT2D eigenvalue weighted by atomic mass is 10.2. The smallest absolute Gasteiger partial charge is 0.307 e. The molecule has 1 N–H and O–H groups in total. The lowest BCUT2D eigenvalue weighted by molar-refractivity contribution is -0.384. The van der Waals surface area contributed by atoms with Gasteiger partial charge in [0.05, 0.1) is 30.9 Å². The molecule has 0 aliphatic heterocycles. The van der Waals surface area contributed by atoms with Crippen LogP contribution in [0.25, 0.3) is 11.0 Å². The normalized spacial score (nSPS) is 11.0. The molecule has 1 amide bonds. The van der Waals surface area contributed by atoms with Crippen molar-refractivity contribution in [2.45, 2.75) is 6.92 Å². The van der Waals surface area contributed by atoms with Crippen LogP contribution >= 0.6 is 11.6 Å². The third-order valence-corrected chi connectivity index (χ3v) is 4.10. The van der Waals surface area contributed by atoms with Gasteiger partial charge >= 0.3 is 5.91 Å². The number of fused-ring (bicyclic) bond motifs is 1. The van der Waals surface area contributed by atoms with E-state index in [9.17, 15) is 14.9 Å². The second kappa shape index (κ2) is 8.61. The zero-order valence-electron chi connectivity index (χ0n) is 15.5. The fourth-order valence-electron chi connectivity index (χ4n) is 2.60. The first kappa shape index (κ1) is 20.2. The van der Waals surface area contributed by atoms with Crippen molar-refractivity contribution >= 4 is 40.4 Å². The third-order valence-electron chi connectivity index (χ3n) is 3.86. The molecule has 150 valence electrons. The summed E-state index contributed by atoms with van der Waals surface area (Å²) in [4.78, 5) is 22.8. The SMILES string of the molecule is CCOc1ccc(Cl)cc1/C=N\NC(=O)c1cc2cc([N+](=O)[O-])cc(OC)c2o1. The minimum absolute atomic E-state index is 0.0768. The molecular weight excluding hydrogens is 402 g/mol. The monoisotopic (exact) mass is 417 g/mol. The molecule has 0 bridgehead atoms. The second-order valence-corrected chi connectivity index (χ2v) is 6.18. The van der Waals surface area contributed by atoms with E-state index >= 15 is 0 Å². The predicted molar refractivity (Wildman–Crippen MR) is 107 cm³/mol. The number of halogens is 1. The van der Waals surface area contributed by atoms with Gasteiger partial charge in [0, 0.05) is 22.0 Å². The van der Waals surface area contributed by atoms with Crippen LogP contribution in [0.2, 0.25) is 5.02 Å². The van der Waals surface area contributed by atoms with Crippen LogP contribution in [0.5, 0.6) is 11.5 Å². The summed E-state index contributed by atoms with van der Waals surface area (Å²) in [5.41, 5.74) is 2.97. The van der Waals surface area contributed by atoms with E-state index in [0.29, 0.717) is 28.3 Å². The number of nitrogens with one attached hydrogen (secondary N) is 1. The van der Waals surface area contributed by atoms with Gasteiger partial charge in [-0.15, -0.1) is 0 Å². The van der Waals surface area contributed by atoms with Gasteiger partial charge in [-0.05, 0) is 31.2 Å². The van der Waals surface area contributed by atoms with Gasteiger partial charge < -0.3 is 13.9 Å². The first-order valence-corrected chi connectivity index (χ1v) is 8.82. The number of rotatable bonds is 7. The summed E-state index contributed by atoms with van der Waals surface area (Å²) in [6.45, 7) is 2.30. The second-order valence-electron chi connectivity index (χ2n) is 5.75. The van der Waals surface area contributed by atoms with Crippen molar-refractivity contribution in [3.05, 3.63) is 62.9 Å². The average molecular weight is 418 g/mol. The number of amides is 1. The van der Waals surface area contributed by atoms with E-state index in [4.69, 9.17) is 25.5 Å². The van der Waals surface area contributed by atoms with Crippen LogP contribution in [0.1, 0.15) is 23.0 Å². The summed E-state index contributed by atoms with van der Waals surface area (Å²) in [5.74, 6) is 0.00179. The summed E-state index contributed by atoms with van der Waals surface area (Å²) in [7, 11) is 1.35. The summed E-state index contributed by atoms with van der Waals surface area (Å²) < 4.78 is 16.1. The average Bonchev–Trinajstić information content (AvgIpc) is 3.13. The molecule has 1 aromatic heterocycles. The van der Waals surface area contributed by atoms with Crippen LogP contribution in [-0.2, 0) is 0 Å². The zero-order valence-corrected chi connectivity index (χ0v) is 16.2. The summed E-state index contributed by atoms with van der Waals surface area (Å²) in [6.07, 6.45) is 1.39. The molecule has 10 heteroatoms. The van der Waals surface area contributed by atoms with E-state index in [2.05, 4.69) is 10.5 Å². The number of benzene rings is 2. The lowest BCUT2D eigenvalue weighted by Crippen LogP contribution is -2.16. The predicted octanol–water partition coefficient (Wildman–Crippen LogP) is 4.17. The van der Waals surface area contributed by atoms with Crippen LogP contribution in [0.15, 0.2) is 45.9 Å². The van der Waals surface area contributed by atoms with Crippen LogP contribution in [0, 0.1) is 10.1 Å². The molecule has 0 aliphatic carbocycles. The maximum Gasteiger partial charge on any atom is 0.307 e. The molecule has 0 fully saturated rings. The number of furan rings is 1. The van der Waals surface area contributed by atoms with Crippen LogP contribution in [-0.4, -0.2) is 30.8 Å². The third kappa shape index (κ3) is 4.46. The highest BCUT2D eigenvalue weighted by Gasteiger charge is 2.19. The Balaban J connectivity index is 1.83. The largest absolute Gasteiger partial charge is 0.493 e. The van der Waals surface area contributed by atoms with Crippen molar-refractivity contribution in [2.75, 3.05) is 13.7 Å². The number of carbonyl (C=O) groups excluding carboxylic acids is 1. The van der Waals surface area contributed by atoms with Crippen molar-refractivity contribution in [1.29, 1.82) is 0 Å². The number of nitro benzene ring substituents is 1. The highest BCUT2D eigenvalue weighted by Crippen LogP contribution is 2.33. The van der Waals surface area contributed by atoms with Gasteiger partial charge in [-0.3, -0.25) is 14.9 Å². The molecule has 0 saturated heterocycles. The molecule has 2 aromatic carbocycles. The van der Waals surface area contributed by atoms with E-state index in [1.165, 1.54) is 31.5 Å². The Kier molecular flexibility index (Phi) is 5.99. The molecule has 1 heterocycles. The number of hydrazone groups is 1. The Hall–Kier alpha value is -3.59. The highest BCUT2D eigenvalue weighted by atomic mass is 35.5. The molecule has 0 aliphatic rings.